The van der Waals surface area contributed by atoms with Gasteiger partial charge in [0.15, 0.2) is 6.29 Å². The molecule has 0 aliphatic rings. The highest BCUT2D eigenvalue weighted by Gasteiger charge is 2.01. The lowest BCUT2D eigenvalue weighted by Gasteiger charge is -2.03. The van der Waals surface area contributed by atoms with Gasteiger partial charge < -0.3 is 0 Å². The average Bonchev–Trinajstić information content (AvgIpc) is 2.27. The molecule has 0 saturated carbocycles. The SMILES string of the molecule is C=Cc1ccc(C=O)c2ccccc12. The van der Waals surface area contributed by atoms with E-state index >= 15 is 0 Å². The van der Waals surface area contributed by atoms with Crippen LogP contribution in [-0.2, 0) is 0 Å². The van der Waals surface area contributed by atoms with E-state index < -0.39 is 0 Å². The van der Waals surface area contributed by atoms with Gasteiger partial charge in [0.05, 0.1) is 0 Å². The molecule has 68 valence electrons. The standard InChI is InChI=1S/C13H10O/c1-2-10-7-8-11(9-14)13-6-4-3-5-12(10)13/h2-9H,1H2. The smallest absolute Gasteiger partial charge is 0.150 e. The molecule has 2 aromatic rings. The van der Waals surface area contributed by atoms with Gasteiger partial charge in [0.2, 0.25) is 0 Å². The molecule has 2 rings (SSSR count). The van der Waals surface area contributed by atoms with Gasteiger partial charge in [-0.1, -0.05) is 49.1 Å². The Morgan fingerprint density at radius 1 is 0.929 bits per heavy atom. The fraction of sp³-hybridized carbons (Fsp3) is 0. The molecule has 0 fully saturated rings. The van der Waals surface area contributed by atoms with Crippen LogP contribution in [0.3, 0.4) is 0 Å². The number of hydrogen-bond donors (Lipinski definition) is 0. The molecule has 0 amide bonds. The quantitative estimate of drug-likeness (QED) is 0.651. The molecule has 0 spiro atoms. The van der Waals surface area contributed by atoms with Gasteiger partial charge in [-0.25, -0.2) is 0 Å². The number of rotatable bonds is 2. The van der Waals surface area contributed by atoms with Crippen LogP contribution < -0.4 is 0 Å². The average molecular weight is 182 g/mol. The molecule has 0 aliphatic carbocycles. The molecule has 1 nitrogen and oxygen atoms in total. The van der Waals surface area contributed by atoms with Crippen LogP contribution in [0.2, 0.25) is 0 Å². The Kier molecular flexibility index (Phi) is 2.15. The second-order valence-corrected chi connectivity index (χ2v) is 3.11. The summed E-state index contributed by atoms with van der Waals surface area (Å²) in [6.45, 7) is 3.75. The fourth-order valence-corrected chi connectivity index (χ4v) is 1.63. The van der Waals surface area contributed by atoms with Gasteiger partial charge in [0, 0.05) is 5.56 Å². The molecule has 0 saturated heterocycles. The number of carbonyl (C=O) groups excluding carboxylic acids is 1. The Balaban J connectivity index is 2.91. The van der Waals surface area contributed by atoms with Crippen LogP contribution in [-0.4, -0.2) is 6.29 Å². The Morgan fingerprint density at radius 2 is 1.50 bits per heavy atom. The Bertz CT molecular complexity index is 451. The summed E-state index contributed by atoms with van der Waals surface area (Å²) in [5.74, 6) is 0. The monoisotopic (exact) mass is 182 g/mol. The van der Waals surface area contributed by atoms with E-state index in [0.29, 0.717) is 0 Å². The lowest BCUT2D eigenvalue weighted by molar-refractivity contribution is 0.112. The van der Waals surface area contributed by atoms with Gasteiger partial charge in [0.1, 0.15) is 0 Å². The summed E-state index contributed by atoms with van der Waals surface area (Å²) in [7, 11) is 0. The van der Waals surface area contributed by atoms with E-state index in [1.807, 2.05) is 36.4 Å². The number of hydrogen-bond acceptors (Lipinski definition) is 1. The zero-order valence-electron chi connectivity index (χ0n) is 7.73. The van der Waals surface area contributed by atoms with Crippen LogP contribution in [0, 0.1) is 0 Å². The first-order valence-electron chi connectivity index (χ1n) is 4.46. The summed E-state index contributed by atoms with van der Waals surface area (Å²) < 4.78 is 0. The maximum atomic E-state index is 10.8. The number of benzene rings is 2. The number of fused-ring (bicyclic) bond motifs is 1. The Labute approximate surface area is 82.7 Å². The highest BCUT2D eigenvalue weighted by Crippen LogP contribution is 2.22. The van der Waals surface area contributed by atoms with Crippen LogP contribution in [0.4, 0.5) is 0 Å². The second-order valence-electron chi connectivity index (χ2n) is 3.11. The van der Waals surface area contributed by atoms with Gasteiger partial charge in [-0.15, -0.1) is 0 Å². The molecule has 0 bridgehead atoms. The lowest BCUT2D eigenvalue weighted by atomic mass is 10.0. The first-order chi connectivity index (χ1) is 6.86. The summed E-state index contributed by atoms with van der Waals surface area (Å²) >= 11 is 0. The van der Waals surface area contributed by atoms with E-state index in [2.05, 4.69) is 6.58 Å². The molecule has 0 aliphatic heterocycles. The first kappa shape index (κ1) is 8.70. The largest absolute Gasteiger partial charge is 0.298 e. The molecule has 0 aromatic heterocycles. The van der Waals surface area contributed by atoms with E-state index in [1.165, 1.54) is 0 Å². The summed E-state index contributed by atoms with van der Waals surface area (Å²) in [5.41, 5.74) is 1.79. The first-order valence-corrected chi connectivity index (χ1v) is 4.46. The zero-order chi connectivity index (χ0) is 9.97. The minimum atomic E-state index is 0.728. The van der Waals surface area contributed by atoms with E-state index in [0.717, 1.165) is 28.2 Å². The lowest BCUT2D eigenvalue weighted by Crippen LogP contribution is -1.85. The summed E-state index contributed by atoms with van der Waals surface area (Å²) in [6, 6.07) is 11.6. The Hall–Kier alpha value is -1.89. The van der Waals surface area contributed by atoms with E-state index in [-0.39, 0.29) is 0 Å². The van der Waals surface area contributed by atoms with Crippen molar-refractivity contribution in [3.8, 4) is 0 Å². The highest BCUT2D eigenvalue weighted by molar-refractivity contribution is 6.01. The molecule has 2 aromatic carbocycles. The molecule has 0 N–H and O–H groups in total. The number of carbonyl (C=O) groups is 1. The summed E-state index contributed by atoms with van der Waals surface area (Å²) in [4.78, 5) is 10.8. The molecule has 0 atom stereocenters. The van der Waals surface area contributed by atoms with Crippen molar-refractivity contribution in [3.63, 3.8) is 0 Å². The maximum absolute atomic E-state index is 10.8. The Morgan fingerprint density at radius 3 is 2.07 bits per heavy atom. The summed E-state index contributed by atoms with van der Waals surface area (Å²) in [6.07, 6.45) is 2.69. The van der Waals surface area contributed by atoms with Gasteiger partial charge >= 0.3 is 0 Å². The molecule has 0 unspecified atom stereocenters. The molecule has 0 heterocycles. The van der Waals surface area contributed by atoms with Crippen LogP contribution >= 0.6 is 0 Å². The van der Waals surface area contributed by atoms with Crippen molar-refractivity contribution in [1.82, 2.24) is 0 Å². The van der Waals surface area contributed by atoms with Gasteiger partial charge in [-0.05, 0) is 16.3 Å². The normalized spacial score (nSPS) is 10.0. The van der Waals surface area contributed by atoms with Crippen LogP contribution in [0.1, 0.15) is 15.9 Å². The predicted octanol–water partition coefficient (Wildman–Crippen LogP) is 3.30. The molecule has 14 heavy (non-hydrogen) atoms. The molecular formula is C13H10O. The van der Waals surface area contributed by atoms with Crippen molar-refractivity contribution in [2.45, 2.75) is 0 Å². The van der Waals surface area contributed by atoms with E-state index in [4.69, 9.17) is 0 Å². The molecule has 0 radical (unpaired) electrons. The van der Waals surface area contributed by atoms with Crippen molar-refractivity contribution < 1.29 is 4.79 Å². The highest BCUT2D eigenvalue weighted by atomic mass is 16.1. The minimum absolute atomic E-state index is 0.728. The zero-order valence-corrected chi connectivity index (χ0v) is 7.73. The van der Waals surface area contributed by atoms with Gasteiger partial charge in [0.25, 0.3) is 0 Å². The third kappa shape index (κ3) is 1.23. The predicted molar refractivity (Wildman–Crippen MR) is 59.4 cm³/mol. The van der Waals surface area contributed by atoms with Crippen LogP contribution in [0.25, 0.3) is 16.8 Å². The minimum Gasteiger partial charge on any atom is -0.298 e. The molecule has 1 heteroatoms. The van der Waals surface area contributed by atoms with Crippen molar-refractivity contribution in [2.24, 2.45) is 0 Å². The fourth-order valence-electron chi connectivity index (χ4n) is 1.63. The topological polar surface area (TPSA) is 17.1 Å². The van der Waals surface area contributed by atoms with Crippen LogP contribution in [0.5, 0.6) is 0 Å². The van der Waals surface area contributed by atoms with Crippen LogP contribution in [0.15, 0.2) is 43.0 Å². The van der Waals surface area contributed by atoms with Crippen molar-refractivity contribution in [1.29, 1.82) is 0 Å². The third-order valence-electron chi connectivity index (χ3n) is 2.34. The van der Waals surface area contributed by atoms with Gasteiger partial charge in [-0.3, -0.25) is 4.79 Å². The molecular weight excluding hydrogens is 172 g/mol. The van der Waals surface area contributed by atoms with E-state index in [9.17, 15) is 4.79 Å². The number of aldehydes is 1. The van der Waals surface area contributed by atoms with Crippen molar-refractivity contribution in [3.05, 3.63) is 54.1 Å². The third-order valence-corrected chi connectivity index (χ3v) is 2.34. The van der Waals surface area contributed by atoms with Crippen molar-refractivity contribution in [2.75, 3.05) is 0 Å². The van der Waals surface area contributed by atoms with Gasteiger partial charge in [-0.2, -0.15) is 0 Å². The maximum Gasteiger partial charge on any atom is 0.150 e. The summed E-state index contributed by atoms with van der Waals surface area (Å²) in [5, 5.41) is 2.06. The van der Waals surface area contributed by atoms with E-state index in [1.54, 1.807) is 6.08 Å². The van der Waals surface area contributed by atoms with Crippen molar-refractivity contribution >= 4 is 23.1 Å². The second kappa shape index (κ2) is 3.46.